The summed E-state index contributed by atoms with van der Waals surface area (Å²) in [5, 5.41) is 11.6. The molecule has 0 radical (unpaired) electrons. The molecule has 0 bridgehead atoms. The summed E-state index contributed by atoms with van der Waals surface area (Å²) < 4.78 is 0. The zero-order valence-electron chi connectivity index (χ0n) is 9.51. The predicted octanol–water partition coefficient (Wildman–Crippen LogP) is -0.570. The van der Waals surface area contributed by atoms with Crippen molar-refractivity contribution in [2.45, 2.75) is 0 Å². The molecular weight excluding hydrogens is 222 g/mol. The Kier molecular flexibility index (Phi) is 4.47. The number of phenolic OH excluding ortho intramolecular Hbond substituents is 1. The lowest BCUT2D eigenvalue weighted by atomic mass is 10.2. The van der Waals surface area contributed by atoms with Crippen LogP contribution in [0.1, 0.15) is 0 Å². The molecule has 0 heterocycles. The number of hydrogen-bond donors (Lipinski definition) is 3. The lowest BCUT2D eigenvalue weighted by Gasteiger charge is -2.16. The molecule has 2 amide bonds. The van der Waals surface area contributed by atoms with Crippen molar-refractivity contribution in [3.8, 4) is 5.75 Å². The van der Waals surface area contributed by atoms with Gasteiger partial charge in [0.1, 0.15) is 5.75 Å². The van der Waals surface area contributed by atoms with Crippen molar-refractivity contribution >= 4 is 17.5 Å². The normalized spacial score (nSPS) is 9.76. The fourth-order valence-electron chi connectivity index (χ4n) is 1.23. The minimum absolute atomic E-state index is 0.0320. The second kappa shape index (κ2) is 5.86. The highest BCUT2D eigenvalue weighted by Gasteiger charge is 2.19. The summed E-state index contributed by atoms with van der Waals surface area (Å²) in [5.74, 6) is -1.39. The van der Waals surface area contributed by atoms with Gasteiger partial charge >= 0.3 is 11.8 Å². The highest BCUT2D eigenvalue weighted by molar-refractivity contribution is 6.40. The summed E-state index contributed by atoms with van der Waals surface area (Å²) in [5.41, 5.74) is 5.65. The Hall–Kier alpha value is -2.08. The van der Waals surface area contributed by atoms with E-state index in [1.165, 1.54) is 19.2 Å². The molecule has 6 heteroatoms. The largest absolute Gasteiger partial charge is 0.508 e. The minimum Gasteiger partial charge on any atom is -0.508 e. The molecule has 6 nitrogen and oxygen atoms in total. The lowest BCUT2D eigenvalue weighted by molar-refractivity contribution is -0.137. The van der Waals surface area contributed by atoms with Crippen molar-refractivity contribution < 1.29 is 14.7 Å². The number of rotatable bonds is 3. The van der Waals surface area contributed by atoms with Gasteiger partial charge in [-0.25, -0.2) is 0 Å². The third-order valence-electron chi connectivity index (χ3n) is 2.15. The van der Waals surface area contributed by atoms with E-state index in [1.807, 2.05) is 0 Å². The molecule has 0 spiro atoms. The topological polar surface area (TPSA) is 95.7 Å². The molecule has 92 valence electrons. The van der Waals surface area contributed by atoms with Crippen LogP contribution in [0.25, 0.3) is 0 Å². The van der Waals surface area contributed by atoms with Crippen molar-refractivity contribution in [1.82, 2.24) is 5.32 Å². The van der Waals surface area contributed by atoms with Crippen LogP contribution >= 0.6 is 0 Å². The Morgan fingerprint density at radius 3 is 2.76 bits per heavy atom. The summed E-state index contributed by atoms with van der Waals surface area (Å²) in [6.07, 6.45) is 0. The first-order valence-electron chi connectivity index (χ1n) is 5.11. The standard InChI is InChI=1S/C11H15N3O3/c1-14(8-3-2-4-9(15)7-8)11(17)10(16)13-6-5-12/h2-4,7,15H,5-6,12H2,1H3,(H,13,16). The number of aromatic hydroxyl groups is 1. The number of hydrogen-bond acceptors (Lipinski definition) is 4. The Labute approximate surface area is 99.0 Å². The quantitative estimate of drug-likeness (QED) is 0.613. The van der Waals surface area contributed by atoms with E-state index in [0.717, 1.165) is 4.90 Å². The van der Waals surface area contributed by atoms with E-state index in [1.54, 1.807) is 12.1 Å². The molecule has 4 N–H and O–H groups in total. The molecule has 1 rings (SSSR count). The van der Waals surface area contributed by atoms with Gasteiger partial charge in [0.2, 0.25) is 0 Å². The average molecular weight is 237 g/mol. The molecule has 0 aliphatic heterocycles. The van der Waals surface area contributed by atoms with Gasteiger partial charge in [0.05, 0.1) is 0 Å². The fraction of sp³-hybridized carbons (Fsp3) is 0.273. The molecule has 0 fully saturated rings. The maximum Gasteiger partial charge on any atom is 0.316 e. The number of nitrogens with one attached hydrogen (secondary N) is 1. The second-order valence-electron chi connectivity index (χ2n) is 3.43. The van der Waals surface area contributed by atoms with Crippen molar-refractivity contribution in [3.05, 3.63) is 24.3 Å². The van der Waals surface area contributed by atoms with E-state index in [4.69, 9.17) is 5.73 Å². The highest BCUT2D eigenvalue weighted by atomic mass is 16.3. The average Bonchev–Trinajstić information content (AvgIpc) is 2.34. The Morgan fingerprint density at radius 2 is 2.18 bits per heavy atom. The number of amides is 2. The van der Waals surface area contributed by atoms with Gasteiger partial charge in [-0.2, -0.15) is 0 Å². The zero-order chi connectivity index (χ0) is 12.8. The van der Waals surface area contributed by atoms with Gasteiger partial charge in [0, 0.05) is 31.9 Å². The molecule has 0 unspecified atom stereocenters. The minimum atomic E-state index is -0.721. The monoisotopic (exact) mass is 237 g/mol. The molecule has 0 aromatic heterocycles. The second-order valence-corrected chi connectivity index (χ2v) is 3.43. The number of nitrogens with two attached hydrogens (primary N) is 1. The number of phenols is 1. The molecular formula is C11H15N3O3. The zero-order valence-corrected chi connectivity index (χ0v) is 9.51. The van der Waals surface area contributed by atoms with Gasteiger partial charge in [0.25, 0.3) is 0 Å². The van der Waals surface area contributed by atoms with E-state index in [-0.39, 0.29) is 18.8 Å². The molecule has 0 aliphatic rings. The summed E-state index contributed by atoms with van der Waals surface area (Å²) in [6, 6.07) is 6.09. The molecule has 0 saturated heterocycles. The van der Waals surface area contributed by atoms with Crippen LogP contribution in [0, 0.1) is 0 Å². The van der Waals surface area contributed by atoms with Gasteiger partial charge in [-0.15, -0.1) is 0 Å². The van der Waals surface area contributed by atoms with Crippen LogP contribution < -0.4 is 16.0 Å². The van der Waals surface area contributed by atoms with Crippen molar-refractivity contribution in [1.29, 1.82) is 0 Å². The van der Waals surface area contributed by atoms with E-state index in [0.29, 0.717) is 5.69 Å². The lowest BCUT2D eigenvalue weighted by Crippen LogP contribution is -2.42. The summed E-state index contributed by atoms with van der Waals surface area (Å²) in [6.45, 7) is 0.521. The SMILES string of the molecule is CN(C(=O)C(=O)NCCN)c1cccc(O)c1. The van der Waals surface area contributed by atoms with Crippen LogP contribution in [0.5, 0.6) is 5.75 Å². The van der Waals surface area contributed by atoms with Gasteiger partial charge in [-0.05, 0) is 12.1 Å². The highest BCUT2D eigenvalue weighted by Crippen LogP contribution is 2.18. The van der Waals surface area contributed by atoms with Crippen molar-refractivity contribution in [3.63, 3.8) is 0 Å². The van der Waals surface area contributed by atoms with Crippen molar-refractivity contribution in [2.75, 3.05) is 25.0 Å². The first-order chi connectivity index (χ1) is 8.06. The van der Waals surface area contributed by atoms with E-state index in [2.05, 4.69) is 5.32 Å². The number of anilines is 1. The first kappa shape index (κ1) is 13.0. The van der Waals surface area contributed by atoms with Crippen LogP contribution in [0.15, 0.2) is 24.3 Å². The molecule has 0 atom stereocenters. The predicted molar refractivity (Wildman–Crippen MR) is 63.6 cm³/mol. The van der Waals surface area contributed by atoms with E-state index >= 15 is 0 Å². The van der Waals surface area contributed by atoms with Crippen LogP contribution in [-0.2, 0) is 9.59 Å². The fourth-order valence-corrected chi connectivity index (χ4v) is 1.23. The number of carbonyl (C=O) groups excluding carboxylic acids is 2. The van der Waals surface area contributed by atoms with E-state index in [9.17, 15) is 14.7 Å². The Balaban J connectivity index is 2.72. The summed E-state index contributed by atoms with van der Waals surface area (Å²) in [7, 11) is 1.46. The molecule has 0 saturated carbocycles. The number of nitrogens with zero attached hydrogens (tertiary/aromatic N) is 1. The molecule has 1 aromatic carbocycles. The van der Waals surface area contributed by atoms with Crippen LogP contribution in [0.3, 0.4) is 0 Å². The van der Waals surface area contributed by atoms with Gasteiger partial charge < -0.3 is 21.1 Å². The maximum atomic E-state index is 11.7. The molecule has 17 heavy (non-hydrogen) atoms. The number of carbonyl (C=O) groups is 2. The number of likely N-dealkylation sites (N-methyl/N-ethyl adjacent to an activating group) is 1. The van der Waals surface area contributed by atoms with Crippen molar-refractivity contribution in [2.24, 2.45) is 5.73 Å². The number of benzene rings is 1. The summed E-state index contributed by atoms with van der Waals surface area (Å²) in [4.78, 5) is 24.2. The van der Waals surface area contributed by atoms with Crippen LogP contribution in [0.2, 0.25) is 0 Å². The van der Waals surface area contributed by atoms with Crippen LogP contribution in [0.4, 0.5) is 5.69 Å². The van der Waals surface area contributed by atoms with Gasteiger partial charge in [-0.3, -0.25) is 9.59 Å². The maximum absolute atomic E-state index is 11.7. The van der Waals surface area contributed by atoms with E-state index < -0.39 is 11.8 Å². The Morgan fingerprint density at radius 1 is 1.47 bits per heavy atom. The van der Waals surface area contributed by atoms with Gasteiger partial charge in [-0.1, -0.05) is 6.07 Å². The first-order valence-corrected chi connectivity index (χ1v) is 5.11. The molecule has 0 aliphatic carbocycles. The van der Waals surface area contributed by atoms with Gasteiger partial charge in [0.15, 0.2) is 0 Å². The Bertz CT molecular complexity index is 420. The summed E-state index contributed by atoms with van der Waals surface area (Å²) >= 11 is 0. The third kappa shape index (κ3) is 3.46. The third-order valence-corrected chi connectivity index (χ3v) is 2.15. The smallest absolute Gasteiger partial charge is 0.316 e. The van der Waals surface area contributed by atoms with Crippen LogP contribution in [-0.4, -0.2) is 37.1 Å². The molecule has 1 aromatic rings.